The zero-order chi connectivity index (χ0) is 13.4. The number of nitrogens with one attached hydrogen (secondary N) is 2. The van der Waals surface area contributed by atoms with E-state index in [1.165, 1.54) is 12.1 Å². The van der Waals surface area contributed by atoms with Crippen LogP contribution in [-0.4, -0.2) is 35.2 Å². The number of carbonyl (C=O) groups excluding carboxylic acids is 2. The first-order valence-electron chi connectivity index (χ1n) is 5.63. The predicted molar refractivity (Wildman–Crippen MR) is 63.1 cm³/mol. The van der Waals surface area contributed by atoms with Crippen LogP contribution < -0.4 is 10.9 Å². The highest BCUT2D eigenvalue weighted by Gasteiger charge is 2.07. The molecule has 0 aliphatic heterocycles. The Morgan fingerprint density at radius 2 is 2.22 bits per heavy atom. The van der Waals surface area contributed by atoms with E-state index in [9.17, 15) is 14.4 Å². The van der Waals surface area contributed by atoms with Crippen LogP contribution in [0.4, 0.5) is 0 Å². The maximum atomic E-state index is 11.5. The molecule has 1 aromatic rings. The lowest BCUT2D eigenvalue weighted by atomic mass is 10.3. The summed E-state index contributed by atoms with van der Waals surface area (Å²) in [5.74, 6) is -0.677. The van der Waals surface area contributed by atoms with Crippen molar-refractivity contribution in [1.82, 2.24) is 15.5 Å². The van der Waals surface area contributed by atoms with E-state index in [0.717, 1.165) is 0 Å². The molecule has 0 radical (unpaired) electrons. The molecule has 18 heavy (non-hydrogen) atoms. The van der Waals surface area contributed by atoms with Crippen molar-refractivity contribution in [2.24, 2.45) is 0 Å². The van der Waals surface area contributed by atoms with Crippen LogP contribution in [-0.2, 0) is 9.53 Å². The Bertz CT molecular complexity index is 449. The number of H-pyrrole nitrogens is 1. The Morgan fingerprint density at radius 1 is 1.44 bits per heavy atom. The SMILES string of the molecule is CCOC(=O)CCCNC(=O)c1ccc(=O)[nH]n1. The molecule has 0 atom stereocenters. The van der Waals surface area contributed by atoms with Crippen LogP contribution in [0, 0.1) is 0 Å². The molecule has 0 aromatic carbocycles. The van der Waals surface area contributed by atoms with Gasteiger partial charge in [0.05, 0.1) is 6.61 Å². The third-order valence-corrected chi connectivity index (χ3v) is 2.06. The summed E-state index contributed by atoms with van der Waals surface area (Å²) in [7, 11) is 0. The first-order valence-corrected chi connectivity index (χ1v) is 5.63. The van der Waals surface area contributed by atoms with Crippen molar-refractivity contribution < 1.29 is 14.3 Å². The standard InChI is InChI=1S/C11H15N3O4/c1-2-18-10(16)4-3-7-12-11(17)8-5-6-9(15)14-13-8/h5-6H,2-4,7H2,1H3,(H,12,17)(H,14,15). The number of rotatable bonds is 6. The van der Waals surface area contributed by atoms with E-state index in [2.05, 4.69) is 15.5 Å². The van der Waals surface area contributed by atoms with Crippen molar-refractivity contribution in [2.45, 2.75) is 19.8 Å². The molecule has 0 bridgehead atoms. The van der Waals surface area contributed by atoms with Crippen LogP contribution in [0.15, 0.2) is 16.9 Å². The Hall–Kier alpha value is -2.18. The molecular formula is C11H15N3O4. The van der Waals surface area contributed by atoms with Crippen LogP contribution in [0.25, 0.3) is 0 Å². The fourth-order valence-electron chi connectivity index (χ4n) is 1.23. The average Bonchev–Trinajstić information content (AvgIpc) is 2.35. The van der Waals surface area contributed by atoms with Gasteiger partial charge >= 0.3 is 5.97 Å². The lowest BCUT2D eigenvalue weighted by Gasteiger charge is -2.04. The number of hydrogen-bond donors (Lipinski definition) is 2. The summed E-state index contributed by atoms with van der Waals surface area (Å²) in [4.78, 5) is 33.3. The Morgan fingerprint density at radius 3 is 2.83 bits per heavy atom. The second kappa shape index (κ2) is 7.21. The molecule has 1 heterocycles. The summed E-state index contributed by atoms with van der Waals surface area (Å²) in [6.07, 6.45) is 0.751. The van der Waals surface area contributed by atoms with Gasteiger partial charge in [0.15, 0.2) is 0 Å². The van der Waals surface area contributed by atoms with E-state index in [1.54, 1.807) is 6.92 Å². The van der Waals surface area contributed by atoms with E-state index in [1.807, 2.05) is 0 Å². The van der Waals surface area contributed by atoms with Crippen molar-refractivity contribution >= 4 is 11.9 Å². The maximum Gasteiger partial charge on any atom is 0.305 e. The molecule has 1 aromatic heterocycles. The number of esters is 1. The molecule has 0 aliphatic rings. The molecule has 98 valence electrons. The molecule has 2 N–H and O–H groups in total. The van der Waals surface area contributed by atoms with Gasteiger partial charge in [-0.05, 0) is 19.4 Å². The zero-order valence-electron chi connectivity index (χ0n) is 10.1. The number of ether oxygens (including phenoxy) is 1. The largest absolute Gasteiger partial charge is 0.466 e. The smallest absolute Gasteiger partial charge is 0.305 e. The second-order valence-electron chi connectivity index (χ2n) is 3.47. The highest BCUT2D eigenvalue weighted by Crippen LogP contribution is 1.93. The van der Waals surface area contributed by atoms with Crippen LogP contribution in [0.3, 0.4) is 0 Å². The van der Waals surface area contributed by atoms with Gasteiger partial charge in [0.1, 0.15) is 5.69 Å². The van der Waals surface area contributed by atoms with Gasteiger partial charge < -0.3 is 10.1 Å². The summed E-state index contributed by atoms with van der Waals surface area (Å²) in [6, 6.07) is 2.56. The van der Waals surface area contributed by atoms with Gasteiger partial charge in [-0.15, -0.1) is 0 Å². The van der Waals surface area contributed by atoms with E-state index in [0.29, 0.717) is 19.6 Å². The molecule has 0 fully saturated rings. The Kier molecular flexibility index (Phi) is 5.56. The molecule has 1 rings (SSSR count). The number of amides is 1. The third kappa shape index (κ3) is 4.77. The molecule has 0 saturated heterocycles. The van der Waals surface area contributed by atoms with Crippen LogP contribution in [0.5, 0.6) is 0 Å². The zero-order valence-corrected chi connectivity index (χ0v) is 10.1. The molecule has 0 saturated carbocycles. The number of hydrogen-bond acceptors (Lipinski definition) is 5. The fourth-order valence-corrected chi connectivity index (χ4v) is 1.23. The van der Waals surface area contributed by atoms with Crippen molar-refractivity contribution in [3.8, 4) is 0 Å². The highest BCUT2D eigenvalue weighted by molar-refractivity contribution is 5.91. The third-order valence-electron chi connectivity index (χ3n) is 2.06. The van der Waals surface area contributed by atoms with Gasteiger partial charge in [0.2, 0.25) is 0 Å². The minimum absolute atomic E-state index is 0.130. The minimum Gasteiger partial charge on any atom is -0.466 e. The van der Waals surface area contributed by atoms with Crippen LogP contribution >= 0.6 is 0 Å². The van der Waals surface area contributed by atoms with Gasteiger partial charge in [-0.3, -0.25) is 14.4 Å². The minimum atomic E-state index is -0.393. The van der Waals surface area contributed by atoms with Gasteiger partial charge in [-0.2, -0.15) is 5.10 Å². The van der Waals surface area contributed by atoms with Crippen LogP contribution in [0.2, 0.25) is 0 Å². The summed E-state index contributed by atoms with van der Waals surface area (Å²) < 4.78 is 4.74. The first-order chi connectivity index (χ1) is 8.63. The molecule has 7 heteroatoms. The van der Waals surface area contributed by atoms with Gasteiger partial charge in [-0.1, -0.05) is 0 Å². The van der Waals surface area contributed by atoms with E-state index in [-0.39, 0.29) is 23.6 Å². The molecule has 1 amide bonds. The molecule has 0 spiro atoms. The summed E-state index contributed by atoms with van der Waals surface area (Å²) in [5.41, 5.74) is -0.236. The number of aromatic nitrogens is 2. The Balaban J connectivity index is 2.27. The lowest BCUT2D eigenvalue weighted by molar-refractivity contribution is -0.143. The predicted octanol–water partition coefficient (Wildman–Crippen LogP) is -0.157. The van der Waals surface area contributed by atoms with E-state index >= 15 is 0 Å². The average molecular weight is 253 g/mol. The van der Waals surface area contributed by atoms with Crippen molar-refractivity contribution in [1.29, 1.82) is 0 Å². The maximum absolute atomic E-state index is 11.5. The normalized spacial score (nSPS) is 9.83. The van der Waals surface area contributed by atoms with Gasteiger partial charge in [0, 0.05) is 19.0 Å². The van der Waals surface area contributed by atoms with Gasteiger partial charge in [-0.25, -0.2) is 5.10 Å². The second-order valence-corrected chi connectivity index (χ2v) is 3.47. The van der Waals surface area contributed by atoms with Crippen LogP contribution in [0.1, 0.15) is 30.3 Å². The quantitative estimate of drug-likeness (QED) is 0.542. The van der Waals surface area contributed by atoms with Crippen molar-refractivity contribution in [2.75, 3.05) is 13.2 Å². The topological polar surface area (TPSA) is 101 Å². The van der Waals surface area contributed by atoms with Gasteiger partial charge in [0.25, 0.3) is 11.5 Å². The molecule has 0 unspecified atom stereocenters. The van der Waals surface area contributed by atoms with E-state index in [4.69, 9.17) is 4.74 Å². The summed E-state index contributed by atoms with van der Waals surface area (Å²) >= 11 is 0. The first kappa shape index (κ1) is 13.9. The van der Waals surface area contributed by atoms with Crippen molar-refractivity contribution in [3.05, 3.63) is 28.2 Å². The Labute approximate surface area is 104 Å². The number of aromatic amines is 1. The summed E-state index contributed by atoms with van der Waals surface area (Å²) in [5, 5.41) is 8.33. The molecule has 7 nitrogen and oxygen atoms in total. The molecule has 0 aliphatic carbocycles. The monoisotopic (exact) mass is 253 g/mol. The number of carbonyl (C=O) groups is 2. The highest BCUT2D eigenvalue weighted by atomic mass is 16.5. The lowest BCUT2D eigenvalue weighted by Crippen LogP contribution is -2.27. The molecular weight excluding hydrogens is 238 g/mol. The number of nitrogens with zero attached hydrogens (tertiary/aromatic N) is 1. The fraction of sp³-hybridized carbons (Fsp3) is 0.455. The van der Waals surface area contributed by atoms with Crippen molar-refractivity contribution in [3.63, 3.8) is 0 Å². The summed E-state index contributed by atoms with van der Waals surface area (Å²) in [6.45, 7) is 2.44. The van der Waals surface area contributed by atoms with E-state index < -0.39 is 5.91 Å².